The fourth-order valence-electron chi connectivity index (χ4n) is 2.24. The molecule has 0 bridgehead atoms. The van der Waals surface area contributed by atoms with Gasteiger partial charge in [0, 0.05) is 15.5 Å². The van der Waals surface area contributed by atoms with Crippen LogP contribution in [0, 0.1) is 0 Å². The van der Waals surface area contributed by atoms with Crippen LogP contribution in [-0.4, -0.2) is 6.54 Å². The van der Waals surface area contributed by atoms with E-state index in [2.05, 4.69) is 58.5 Å². The Bertz CT molecular complexity index is 542. The minimum atomic E-state index is 0.248. The van der Waals surface area contributed by atoms with Gasteiger partial charge in [-0.1, -0.05) is 70.9 Å². The summed E-state index contributed by atoms with van der Waals surface area (Å²) in [4.78, 5) is 0. The molecule has 0 aromatic heterocycles. The summed E-state index contributed by atoms with van der Waals surface area (Å²) in [5.74, 6) is 0. The SMILES string of the molecule is CCCNC(Cc1ccccc1)c1ccc(Br)cc1Cl. The highest BCUT2D eigenvalue weighted by Gasteiger charge is 2.14. The van der Waals surface area contributed by atoms with E-state index >= 15 is 0 Å². The Kier molecular flexibility index (Phi) is 6.08. The van der Waals surface area contributed by atoms with Gasteiger partial charge < -0.3 is 5.32 Å². The van der Waals surface area contributed by atoms with Gasteiger partial charge in [-0.25, -0.2) is 0 Å². The van der Waals surface area contributed by atoms with E-state index in [9.17, 15) is 0 Å². The van der Waals surface area contributed by atoms with Crippen molar-refractivity contribution in [1.82, 2.24) is 5.32 Å². The van der Waals surface area contributed by atoms with Gasteiger partial charge in [0.2, 0.25) is 0 Å². The van der Waals surface area contributed by atoms with Crippen LogP contribution in [0.1, 0.15) is 30.5 Å². The topological polar surface area (TPSA) is 12.0 Å². The first kappa shape index (κ1) is 15.6. The smallest absolute Gasteiger partial charge is 0.0465 e. The average Bonchev–Trinajstić information content (AvgIpc) is 2.45. The monoisotopic (exact) mass is 351 g/mol. The second-order valence-electron chi connectivity index (χ2n) is 4.86. The summed E-state index contributed by atoms with van der Waals surface area (Å²) in [6, 6.07) is 16.9. The molecule has 0 aliphatic rings. The van der Waals surface area contributed by atoms with Crippen LogP contribution in [0.2, 0.25) is 5.02 Å². The van der Waals surface area contributed by atoms with Gasteiger partial charge in [-0.3, -0.25) is 0 Å². The van der Waals surface area contributed by atoms with Crippen molar-refractivity contribution >= 4 is 27.5 Å². The number of rotatable bonds is 6. The van der Waals surface area contributed by atoms with Crippen molar-refractivity contribution in [3.05, 3.63) is 69.2 Å². The van der Waals surface area contributed by atoms with Crippen LogP contribution < -0.4 is 5.32 Å². The lowest BCUT2D eigenvalue weighted by molar-refractivity contribution is 0.529. The highest BCUT2D eigenvalue weighted by atomic mass is 79.9. The van der Waals surface area contributed by atoms with E-state index in [0.717, 1.165) is 34.4 Å². The molecule has 1 unspecified atom stereocenters. The molecule has 0 saturated carbocycles. The molecular weight excluding hydrogens is 334 g/mol. The van der Waals surface area contributed by atoms with E-state index in [4.69, 9.17) is 11.6 Å². The number of hydrogen-bond acceptors (Lipinski definition) is 1. The second-order valence-corrected chi connectivity index (χ2v) is 6.19. The van der Waals surface area contributed by atoms with E-state index < -0.39 is 0 Å². The first-order valence-electron chi connectivity index (χ1n) is 6.93. The van der Waals surface area contributed by atoms with Gasteiger partial charge in [0.1, 0.15) is 0 Å². The maximum atomic E-state index is 6.40. The molecule has 20 heavy (non-hydrogen) atoms. The Morgan fingerprint density at radius 2 is 1.90 bits per heavy atom. The molecule has 1 N–H and O–H groups in total. The summed E-state index contributed by atoms with van der Waals surface area (Å²) >= 11 is 9.86. The van der Waals surface area contributed by atoms with E-state index in [-0.39, 0.29) is 6.04 Å². The zero-order valence-corrected chi connectivity index (χ0v) is 13.9. The third kappa shape index (κ3) is 4.34. The van der Waals surface area contributed by atoms with Gasteiger partial charge in [-0.2, -0.15) is 0 Å². The molecule has 0 aliphatic carbocycles. The highest BCUT2D eigenvalue weighted by molar-refractivity contribution is 9.10. The number of hydrogen-bond donors (Lipinski definition) is 1. The lowest BCUT2D eigenvalue weighted by Crippen LogP contribution is -2.24. The molecule has 0 spiro atoms. The average molecular weight is 353 g/mol. The zero-order valence-electron chi connectivity index (χ0n) is 11.6. The summed E-state index contributed by atoms with van der Waals surface area (Å²) in [5, 5.41) is 4.40. The quantitative estimate of drug-likeness (QED) is 0.735. The summed E-state index contributed by atoms with van der Waals surface area (Å²) in [7, 11) is 0. The van der Waals surface area contributed by atoms with Gasteiger partial charge in [0.15, 0.2) is 0 Å². The first-order chi connectivity index (χ1) is 9.70. The van der Waals surface area contributed by atoms with Crippen molar-refractivity contribution in [3.8, 4) is 0 Å². The van der Waals surface area contributed by atoms with Crippen LogP contribution in [0.25, 0.3) is 0 Å². The molecular formula is C17H19BrClN. The molecule has 1 atom stereocenters. The zero-order chi connectivity index (χ0) is 14.4. The number of benzene rings is 2. The maximum absolute atomic E-state index is 6.40. The highest BCUT2D eigenvalue weighted by Crippen LogP contribution is 2.28. The van der Waals surface area contributed by atoms with Crippen LogP contribution in [0.3, 0.4) is 0 Å². The van der Waals surface area contributed by atoms with E-state index in [0.29, 0.717) is 0 Å². The Morgan fingerprint density at radius 1 is 1.15 bits per heavy atom. The largest absolute Gasteiger partial charge is 0.310 e. The number of nitrogens with one attached hydrogen (secondary N) is 1. The van der Waals surface area contributed by atoms with Gasteiger partial charge >= 0.3 is 0 Å². The van der Waals surface area contributed by atoms with E-state index in [1.807, 2.05) is 18.2 Å². The lowest BCUT2D eigenvalue weighted by atomic mass is 9.98. The third-order valence-electron chi connectivity index (χ3n) is 3.26. The molecule has 0 heterocycles. The summed E-state index contributed by atoms with van der Waals surface area (Å²) < 4.78 is 1.01. The summed E-state index contributed by atoms with van der Waals surface area (Å²) in [5.41, 5.74) is 2.48. The Hall–Kier alpha value is -0.830. The molecule has 1 nitrogen and oxygen atoms in total. The molecule has 0 aliphatic heterocycles. The van der Waals surface area contributed by atoms with E-state index in [1.165, 1.54) is 5.56 Å². The lowest BCUT2D eigenvalue weighted by Gasteiger charge is -2.20. The molecule has 3 heteroatoms. The molecule has 0 amide bonds. The van der Waals surface area contributed by atoms with Crippen molar-refractivity contribution in [2.45, 2.75) is 25.8 Å². The van der Waals surface area contributed by atoms with E-state index in [1.54, 1.807) is 0 Å². The maximum Gasteiger partial charge on any atom is 0.0465 e. The summed E-state index contributed by atoms with van der Waals surface area (Å²) in [6.45, 7) is 3.17. The minimum absolute atomic E-state index is 0.248. The van der Waals surface area contributed by atoms with Crippen LogP contribution in [0.5, 0.6) is 0 Å². The molecule has 2 aromatic rings. The van der Waals surface area contributed by atoms with Gasteiger partial charge in [-0.05, 0) is 42.6 Å². The molecule has 0 fully saturated rings. The first-order valence-corrected chi connectivity index (χ1v) is 8.10. The molecule has 2 rings (SSSR count). The fourth-order valence-corrected chi connectivity index (χ4v) is 3.05. The van der Waals surface area contributed by atoms with Crippen molar-refractivity contribution in [2.24, 2.45) is 0 Å². The Morgan fingerprint density at radius 3 is 2.55 bits per heavy atom. The molecule has 0 radical (unpaired) electrons. The van der Waals surface area contributed by atoms with Gasteiger partial charge in [0.25, 0.3) is 0 Å². The second kappa shape index (κ2) is 7.82. The van der Waals surface area contributed by atoms with Crippen molar-refractivity contribution < 1.29 is 0 Å². The van der Waals surface area contributed by atoms with Crippen LogP contribution in [0.4, 0.5) is 0 Å². The third-order valence-corrected chi connectivity index (χ3v) is 4.08. The fraction of sp³-hybridized carbons (Fsp3) is 0.294. The summed E-state index contributed by atoms with van der Waals surface area (Å²) in [6.07, 6.45) is 2.06. The van der Waals surface area contributed by atoms with Gasteiger partial charge in [-0.15, -0.1) is 0 Å². The minimum Gasteiger partial charge on any atom is -0.310 e. The van der Waals surface area contributed by atoms with Crippen LogP contribution in [-0.2, 0) is 6.42 Å². The van der Waals surface area contributed by atoms with Crippen LogP contribution >= 0.6 is 27.5 Å². The Balaban J connectivity index is 2.22. The normalized spacial score (nSPS) is 12.3. The predicted molar refractivity (Wildman–Crippen MR) is 90.3 cm³/mol. The van der Waals surface area contributed by atoms with Crippen LogP contribution in [0.15, 0.2) is 53.0 Å². The molecule has 106 valence electrons. The van der Waals surface area contributed by atoms with Gasteiger partial charge in [0.05, 0.1) is 0 Å². The van der Waals surface area contributed by atoms with Crippen molar-refractivity contribution in [3.63, 3.8) is 0 Å². The Labute approximate surface area is 134 Å². The standard InChI is InChI=1S/C17H19BrClN/c1-2-10-20-17(11-13-6-4-3-5-7-13)15-9-8-14(18)12-16(15)19/h3-9,12,17,20H,2,10-11H2,1H3. The predicted octanol–water partition coefficient (Wildman–Crippen LogP) is 5.39. The molecule has 0 saturated heterocycles. The van der Waals surface area contributed by atoms with Crippen molar-refractivity contribution in [1.29, 1.82) is 0 Å². The number of halogens is 2. The molecule has 2 aromatic carbocycles. The van der Waals surface area contributed by atoms with Crippen molar-refractivity contribution in [2.75, 3.05) is 6.54 Å².